The van der Waals surface area contributed by atoms with Gasteiger partial charge in [-0.1, -0.05) is 23.6 Å². The number of hydrogen-bond acceptors (Lipinski definition) is 7. The first-order valence-corrected chi connectivity index (χ1v) is 11.0. The van der Waals surface area contributed by atoms with Gasteiger partial charge in [-0.3, -0.25) is 14.9 Å². The van der Waals surface area contributed by atoms with E-state index in [1.54, 1.807) is 18.3 Å². The normalized spacial score (nSPS) is 18.4. The summed E-state index contributed by atoms with van der Waals surface area (Å²) in [6.45, 7) is 0. The smallest absolute Gasteiger partial charge is 0.277 e. The van der Waals surface area contributed by atoms with Gasteiger partial charge in [0.05, 0.1) is 23.2 Å². The summed E-state index contributed by atoms with van der Waals surface area (Å²) in [7, 11) is 1.27. The molecule has 2 aromatic carbocycles. The Bertz CT molecular complexity index is 1270. The third-order valence-corrected chi connectivity index (χ3v) is 6.06. The number of aliphatic hydroxyl groups excluding tert-OH is 1. The van der Waals surface area contributed by atoms with E-state index in [4.69, 9.17) is 18.0 Å². The van der Waals surface area contributed by atoms with Gasteiger partial charge in [-0.25, -0.2) is 19.8 Å². The maximum Gasteiger partial charge on any atom is 0.277 e. The Hall–Kier alpha value is -3.29. The van der Waals surface area contributed by atoms with Crippen molar-refractivity contribution in [1.82, 2.24) is 20.8 Å². The van der Waals surface area contributed by atoms with Crippen LogP contribution >= 0.6 is 11.6 Å². The molecule has 1 fully saturated rings. The predicted octanol–water partition coefficient (Wildman–Crippen LogP) is 3.25. The summed E-state index contributed by atoms with van der Waals surface area (Å²) < 4.78 is 14.2. The highest BCUT2D eigenvalue weighted by Crippen LogP contribution is 2.32. The van der Waals surface area contributed by atoms with Gasteiger partial charge in [0.25, 0.3) is 5.91 Å². The van der Waals surface area contributed by atoms with Crippen LogP contribution in [0.4, 0.5) is 10.3 Å². The Labute approximate surface area is 200 Å². The number of anilines is 1. The molecule has 1 saturated carbocycles. The van der Waals surface area contributed by atoms with Crippen LogP contribution in [-0.2, 0) is 4.84 Å². The lowest BCUT2D eigenvalue weighted by atomic mass is 10.0. The zero-order chi connectivity index (χ0) is 24.2. The second-order valence-electron chi connectivity index (χ2n) is 7.94. The number of nitrogens with one attached hydrogen (secondary N) is 3. The summed E-state index contributed by atoms with van der Waals surface area (Å²) in [6, 6.07) is 7.93. The number of amides is 1. The first-order chi connectivity index (χ1) is 16.4. The zero-order valence-electron chi connectivity index (χ0n) is 18.3. The van der Waals surface area contributed by atoms with Crippen LogP contribution in [0.5, 0.6) is 0 Å². The highest BCUT2D eigenvalue weighted by atomic mass is 35.5. The molecule has 3 atom stereocenters. The van der Waals surface area contributed by atoms with Gasteiger partial charge in [0.15, 0.2) is 6.23 Å². The fourth-order valence-corrected chi connectivity index (χ4v) is 4.37. The first kappa shape index (κ1) is 23.9. The van der Waals surface area contributed by atoms with E-state index in [9.17, 15) is 14.3 Å². The fourth-order valence-electron chi connectivity index (χ4n) is 4.11. The van der Waals surface area contributed by atoms with Gasteiger partial charge in [0.1, 0.15) is 5.82 Å². The van der Waals surface area contributed by atoms with Crippen LogP contribution in [0, 0.1) is 18.2 Å². The van der Waals surface area contributed by atoms with Gasteiger partial charge >= 0.3 is 0 Å². The molecule has 3 unspecified atom stereocenters. The van der Waals surface area contributed by atoms with Crippen LogP contribution in [-0.4, -0.2) is 46.4 Å². The first-order valence-electron chi connectivity index (χ1n) is 10.7. The fraction of sp³-hybridized carbons (Fsp3) is 0.292. The van der Waals surface area contributed by atoms with Crippen LogP contribution in [0.25, 0.3) is 22.0 Å². The van der Waals surface area contributed by atoms with Crippen molar-refractivity contribution < 1.29 is 19.1 Å². The Morgan fingerprint density at radius 3 is 2.88 bits per heavy atom. The molecule has 0 spiro atoms. The van der Waals surface area contributed by atoms with Crippen molar-refractivity contribution in [3.63, 3.8) is 0 Å². The van der Waals surface area contributed by atoms with E-state index < -0.39 is 18.0 Å². The number of fused-ring (bicyclic) bond motifs is 1. The number of carbonyl (C=O) groups excluding carboxylic acids is 1. The van der Waals surface area contributed by atoms with Crippen molar-refractivity contribution in [3.8, 4) is 23.5 Å². The molecule has 1 aromatic heterocycles. The molecule has 1 aliphatic rings. The molecule has 10 heteroatoms. The van der Waals surface area contributed by atoms with Crippen molar-refractivity contribution in [2.75, 3.05) is 12.4 Å². The third kappa shape index (κ3) is 5.11. The monoisotopic (exact) mass is 483 g/mol. The number of carbonyl (C=O) groups is 1. The lowest BCUT2D eigenvalue weighted by Crippen LogP contribution is -2.45. The average Bonchev–Trinajstić information content (AvgIpc) is 3.25. The molecule has 0 aliphatic heterocycles. The molecule has 0 radical (unpaired) electrons. The van der Waals surface area contributed by atoms with Crippen molar-refractivity contribution in [2.45, 2.75) is 37.6 Å². The lowest BCUT2D eigenvalue weighted by Gasteiger charge is -2.23. The van der Waals surface area contributed by atoms with Crippen LogP contribution in [0.3, 0.4) is 0 Å². The van der Waals surface area contributed by atoms with E-state index in [2.05, 4.69) is 36.8 Å². The van der Waals surface area contributed by atoms with Gasteiger partial charge in [-0.15, -0.1) is 6.42 Å². The number of hydrogen-bond donors (Lipinski definition) is 4. The van der Waals surface area contributed by atoms with Crippen molar-refractivity contribution >= 4 is 34.4 Å². The molecule has 1 amide bonds. The molecule has 4 N–H and O–H groups in total. The van der Waals surface area contributed by atoms with Crippen LogP contribution in [0.2, 0.25) is 5.02 Å². The minimum atomic E-state index is -0.997. The molecule has 0 bridgehead atoms. The minimum Gasteiger partial charge on any atom is -0.367 e. The second kappa shape index (κ2) is 10.3. The highest BCUT2D eigenvalue weighted by Gasteiger charge is 2.28. The number of aliphatic hydroxyl groups is 1. The van der Waals surface area contributed by atoms with E-state index in [-0.39, 0.29) is 22.7 Å². The number of aromatic nitrogens is 2. The number of terminal acetylenes is 1. The number of hydroxylamine groups is 1. The van der Waals surface area contributed by atoms with Crippen LogP contribution in [0.15, 0.2) is 36.5 Å². The van der Waals surface area contributed by atoms with Gasteiger partial charge < -0.3 is 10.4 Å². The molecule has 3 aromatic rings. The Balaban J connectivity index is 1.58. The molecule has 8 nitrogen and oxygen atoms in total. The van der Waals surface area contributed by atoms with Crippen molar-refractivity contribution in [3.05, 3.63) is 52.9 Å². The lowest BCUT2D eigenvalue weighted by molar-refractivity contribution is 0.0533. The Kier molecular flexibility index (Phi) is 7.24. The van der Waals surface area contributed by atoms with Crippen LogP contribution in [0.1, 0.15) is 29.6 Å². The maximum absolute atomic E-state index is 14.2. The predicted molar refractivity (Wildman–Crippen MR) is 127 cm³/mol. The van der Waals surface area contributed by atoms with E-state index >= 15 is 0 Å². The second-order valence-corrected chi connectivity index (χ2v) is 8.35. The van der Waals surface area contributed by atoms with Gasteiger partial charge in [0.2, 0.25) is 5.95 Å². The summed E-state index contributed by atoms with van der Waals surface area (Å²) >= 11 is 6.27. The Morgan fingerprint density at radius 2 is 2.12 bits per heavy atom. The number of halogens is 2. The molecule has 176 valence electrons. The molecular weight excluding hydrogens is 461 g/mol. The molecule has 1 aliphatic carbocycles. The van der Waals surface area contributed by atoms with Crippen molar-refractivity contribution in [1.29, 1.82) is 0 Å². The van der Waals surface area contributed by atoms with E-state index in [0.29, 0.717) is 22.6 Å². The summed E-state index contributed by atoms with van der Waals surface area (Å²) in [5, 5.41) is 17.0. The van der Waals surface area contributed by atoms with Gasteiger partial charge in [-0.2, -0.15) is 0 Å². The van der Waals surface area contributed by atoms with Crippen molar-refractivity contribution in [2.24, 2.45) is 0 Å². The molecule has 4 rings (SSSR count). The number of nitrogens with zero attached hydrogens (tertiary/aromatic N) is 2. The zero-order valence-corrected chi connectivity index (χ0v) is 19.1. The topological polar surface area (TPSA) is 108 Å². The summed E-state index contributed by atoms with van der Waals surface area (Å²) in [5.41, 5.74) is 3.78. The summed E-state index contributed by atoms with van der Waals surface area (Å²) in [4.78, 5) is 25.7. The van der Waals surface area contributed by atoms with E-state index in [1.807, 2.05) is 6.07 Å². The molecule has 1 heterocycles. The van der Waals surface area contributed by atoms with Gasteiger partial charge in [0, 0.05) is 29.2 Å². The summed E-state index contributed by atoms with van der Waals surface area (Å²) in [6.07, 6.45) is 8.72. The van der Waals surface area contributed by atoms with Gasteiger partial charge in [-0.05, 0) is 49.1 Å². The Morgan fingerprint density at radius 1 is 1.32 bits per heavy atom. The maximum atomic E-state index is 14.2. The summed E-state index contributed by atoms with van der Waals surface area (Å²) in [5.74, 6) is 1.27. The molecular formula is C24H23ClFN5O3. The third-order valence-electron chi connectivity index (χ3n) is 5.75. The minimum absolute atomic E-state index is 0.0119. The quantitative estimate of drug-likeness (QED) is 0.232. The van der Waals surface area contributed by atoms with Crippen LogP contribution < -0.4 is 16.1 Å². The average molecular weight is 484 g/mol. The number of benzene rings is 2. The number of rotatable bonds is 7. The molecule has 34 heavy (non-hydrogen) atoms. The standard InChI is InChI=1S/C24H23ClFN5O3/c1-3-22(32)28-20-5-4-6-21(20)30-24-27-12-14-9-13(7-8-19(14)29-24)15-10-16(23(33)31-34-2)18(26)11-17(15)25/h1,7-12,20-22,28,32H,4-6H2,2H3,(H,31,33)(H,27,29,30). The highest BCUT2D eigenvalue weighted by molar-refractivity contribution is 6.33. The SMILES string of the molecule is C#CC(O)NC1CCCC1Nc1ncc2cc(-c3cc(C(=O)NOC)c(F)cc3Cl)ccc2n1. The van der Waals surface area contributed by atoms with E-state index in [1.165, 1.54) is 13.2 Å². The van der Waals surface area contributed by atoms with E-state index in [0.717, 1.165) is 30.7 Å². The molecule has 0 saturated heterocycles. The largest absolute Gasteiger partial charge is 0.367 e.